The third kappa shape index (κ3) is 11.1. The lowest BCUT2D eigenvalue weighted by atomic mass is 10.2. The number of hydrogen-bond acceptors (Lipinski definition) is 5. The molecule has 12 heteroatoms. The van der Waals surface area contributed by atoms with Gasteiger partial charge >= 0.3 is 15.2 Å². The minimum absolute atomic E-state index is 0.251. The van der Waals surface area contributed by atoms with Crippen LogP contribution >= 0.6 is 15.2 Å². The predicted octanol–water partition coefficient (Wildman–Crippen LogP) is -0.679. The van der Waals surface area contributed by atoms with Crippen molar-refractivity contribution in [1.82, 2.24) is 15.1 Å². The van der Waals surface area contributed by atoms with Crippen LogP contribution in [0.15, 0.2) is 0 Å². The number of quaternary nitrogens is 1. The van der Waals surface area contributed by atoms with Crippen LogP contribution < -0.4 is 5.32 Å². The highest BCUT2D eigenvalue weighted by Crippen LogP contribution is 2.40. The molecule has 0 unspecified atom stereocenters. The van der Waals surface area contributed by atoms with Gasteiger partial charge in [0.15, 0.2) is 0 Å². The quantitative estimate of drug-likeness (QED) is 0.159. The molecular weight excluding hydrogens is 382 g/mol. The topological polar surface area (TPSA) is 134 Å². The van der Waals surface area contributed by atoms with Crippen LogP contribution in [0.2, 0.25) is 0 Å². The van der Waals surface area contributed by atoms with Crippen LogP contribution in [0.3, 0.4) is 0 Å². The maximum atomic E-state index is 11.2. The Morgan fingerprint density at radius 2 is 1.58 bits per heavy atom. The van der Waals surface area contributed by atoms with Crippen LogP contribution in [0, 0.1) is 0 Å². The van der Waals surface area contributed by atoms with E-state index in [0.29, 0.717) is 6.42 Å². The molecule has 156 valence electrons. The molecule has 1 aliphatic heterocycles. The number of nitrogens with one attached hydrogen (secondary N) is 1. The lowest BCUT2D eigenvalue weighted by Crippen LogP contribution is -2.58. The summed E-state index contributed by atoms with van der Waals surface area (Å²) in [5.41, 5.74) is 0. The second-order valence-electron chi connectivity index (χ2n) is 7.45. The first-order valence-electron chi connectivity index (χ1n) is 8.94. The van der Waals surface area contributed by atoms with Crippen molar-refractivity contribution in [3.63, 3.8) is 0 Å². The standard InChI is InChI=1S/C14H34N4O6P2/c1-15-5-3-10-18(2)11-8-16(9-12-18)6-4-7-17(13-25(19,20)21)14-26(22,23)24/h15H,3-14H2,1-2H3,(H3-,19,20,21,22,23,24)/p+1. The van der Waals surface area contributed by atoms with E-state index in [1.807, 2.05) is 7.05 Å². The molecule has 0 aliphatic carbocycles. The van der Waals surface area contributed by atoms with Gasteiger partial charge < -0.3 is 29.4 Å². The molecule has 26 heavy (non-hydrogen) atoms. The van der Waals surface area contributed by atoms with E-state index in [1.165, 1.54) is 4.90 Å². The van der Waals surface area contributed by atoms with Gasteiger partial charge in [-0.15, -0.1) is 0 Å². The van der Waals surface area contributed by atoms with Crippen molar-refractivity contribution < 1.29 is 33.2 Å². The Hall–Kier alpha value is 0.140. The van der Waals surface area contributed by atoms with E-state index in [4.69, 9.17) is 19.6 Å². The Morgan fingerprint density at radius 1 is 1.04 bits per heavy atom. The average Bonchev–Trinajstić information content (AvgIpc) is 2.46. The number of rotatable bonds is 12. The molecule has 0 aromatic rings. The van der Waals surface area contributed by atoms with Gasteiger partial charge in [0, 0.05) is 32.6 Å². The SMILES string of the molecule is CNCCC[N+]1(C)CCN(CCCN(CP(=O)(O)O)CP(=O)(O)O)CC1. The molecule has 1 saturated heterocycles. The molecule has 0 aromatic carbocycles. The molecule has 10 nitrogen and oxygen atoms in total. The Bertz CT molecular complexity index is 480. The van der Waals surface area contributed by atoms with Gasteiger partial charge in [0.2, 0.25) is 0 Å². The molecule has 0 bridgehead atoms. The molecule has 0 spiro atoms. The fourth-order valence-corrected chi connectivity index (χ4v) is 4.98. The lowest BCUT2D eigenvalue weighted by Gasteiger charge is -2.42. The molecule has 1 aliphatic rings. The highest BCUT2D eigenvalue weighted by molar-refractivity contribution is 7.52. The van der Waals surface area contributed by atoms with Gasteiger partial charge in [-0.2, -0.15) is 0 Å². The molecule has 1 heterocycles. The molecule has 0 aromatic heterocycles. The zero-order chi connectivity index (χ0) is 19.8. The smallest absolute Gasteiger partial charge is 0.324 e. The zero-order valence-corrected chi connectivity index (χ0v) is 17.6. The molecule has 0 saturated carbocycles. The van der Waals surface area contributed by atoms with Gasteiger partial charge in [-0.1, -0.05) is 0 Å². The van der Waals surface area contributed by atoms with E-state index < -0.39 is 27.8 Å². The summed E-state index contributed by atoms with van der Waals surface area (Å²) >= 11 is 0. The van der Waals surface area contributed by atoms with E-state index in [2.05, 4.69) is 17.3 Å². The monoisotopic (exact) mass is 417 g/mol. The van der Waals surface area contributed by atoms with Crippen LogP contribution in [-0.4, -0.2) is 113 Å². The molecule has 1 rings (SSSR count). The van der Waals surface area contributed by atoms with Crippen molar-refractivity contribution in [2.75, 3.05) is 79.0 Å². The summed E-state index contributed by atoms with van der Waals surface area (Å²) in [5.74, 6) is 0. The Balaban J connectivity index is 2.37. The van der Waals surface area contributed by atoms with Gasteiger partial charge in [0.1, 0.15) is 12.6 Å². The fourth-order valence-electron chi connectivity index (χ4n) is 3.30. The van der Waals surface area contributed by atoms with E-state index >= 15 is 0 Å². The van der Waals surface area contributed by atoms with Crippen molar-refractivity contribution >= 4 is 15.2 Å². The maximum absolute atomic E-state index is 11.2. The highest BCUT2D eigenvalue weighted by Gasteiger charge is 2.29. The van der Waals surface area contributed by atoms with Crippen molar-refractivity contribution in [3.8, 4) is 0 Å². The number of piperazine rings is 1. The summed E-state index contributed by atoms with van der Waals surface area (Å²) in [5, 5.41) is 3.17. The van der Waals surface area contributed by atoms with Crippen molar-refractivity contribution in [3.05, 3.63) is 0 Å². The second kappa shape index (κ2) is 10.6. The molecule has 5 N–H and O–H groups in total. The van der Waals surface area contributed by atoms with Gasteiger partial charge in [-0.05, 0) is 20.0 Å². The second-order valence-corrected chi connectivity index (χ2v) is 10.7. The van der Waals surface area contributed by atoms with Crippen molar-refractivity contribution in [2.24, 2.45) is 0 Å². The number of likely N-dealkylation sites (N-methyl/N-ethyl adjacent to an activating group) is 1. The van der Waals surface area contributed by atoms with E-state index in [1.54, 1.807) is 0 Å². The average molecular weight is 417 g/mol. The maximum Gasteiger partial charge on any atom is 0.339 e. The first-order valence-corrected chi connectivity index (χ1v) is 12.5. The third-order valence-electron chi connectivity index (χ3n) is 4.75. The molecule has 0 atom stereocenters. The Labute approximate surface area is 156 Å². The largest absolute Gasteiger partial charge is 0.339 e. The van der Waals surface area contributed by atoms with E-state index in [9.17, 15) is 9.13 Å². The van der Waals surface area contributed by atoms with Gasteiger partial charge in [-0.25, -0.2) is 0 Å². The summed E-state index contributed by atoms with van der Waals surface area (Å²) in [6.45, 7) is 7.24. The Morgan fingerprint density at radius 3 is 2.04 bits per heavy atom. The minimum Gasteiger partial charge on any atom is -0.324 e. The molecule has 0 amide bonds. The normalized spacial score (nSPS) is 19.2. The van der Waals surface area contributed by atoms with Crippen molar-refractivity contribution in [1.29, 1.82) is 0 Å². The minimum atomic E-state index is -4.35. The summed E-state index contributed by atoms with van der Waals surface area (Å²) in [6, 6.07) is 0. The van der Waals surface area contributed by atoms with Gasteiger partial charge in [-0.3, -0.25) is 18.9 Å². The predicted molar refractivity (Wildman–Crippen MR) is 101 cm³/mol. The fraction of sp³-hybridized carbons (Fsp3) is 1.00. The Kier molecular flexibility index (Phi) is 9.88. The highest BCUT2D eigenvalue weighted by atomic mass is 31.2. The van der Waals surface area contributed by atoms with Crippen LogP contribution in [0.1, 0.15) is 12.8 Å². The third-order valence-corrected chi connectivity index (χ3v) is 6.29. The molecular formula is C14H35N4O6P2+. The van der Waals surface area contributed by atoms with Crippen LogP contribution in [0.4, 0.5) is 0 Å². The summed E-state index contributed by atoms with van der Waals surface area (Å²) in [4.78, 5) is 39.8. The van der Waals surface area contributed by atoms with Gasteiger partial charge in [0.05, 0.1) is 26.7 Å². The molecule has 1 fully saturated rings. The summed E-state index contributed by atoms with van der Waals surface area (Å²) < 4.78 is 23.4. The first-order chi connectivity index (χ1) is 11.9. The van der Waals surface area contributed by atoms with Crippen molar-refractivity contribution in [2.45, 2.75) is 12.8 Å². The van der Waals surface area contributed by atoms with Crippen LogP contribution in [0.25, 0.3) is 0 Å². The molecule has 0 radical (unpaired) electrons. The summed E-state index contributed by atoms with van der Waals surface area (Å²) in [7, 11) is -4.47. The van der Waals surface area contributed by atoms with Crippen LogP contribution in [-0.2, 0) is 9.13 Å². The van der Waals surface area contributed by atoms with Crippen LogP contribution in [0.5, 0.6) is 0 Å². The zero-order valence-electron chi connectivity index (χ0n) is 15.8. The van der Waals surface area contributed by atoms with E-state index in [-0.39, 0.29) is 6.54 Å². The lowest BCUT2D eigenvalue weighted by molar-refractivity contribution is -0.913. The first kappa shape index (κ1) is 24.2. The number of nitrogens with zero attached hydrogens (tertiary/aromatic N) is 3. The summed E-state index contributed by atoms with van der Waals surface area (Å²) in [6.07, 6.45) is 0.507. The van der Waals surface area contributed by atoms with E-state index in [0.717, 1.165) is 56.7 Å². The van der Waals surface area contributed by atoms with Gasteiger partial charge in [0.25, 0.3) is 0 Å². The number of hydrogen-bond donors (Lipinski definition) is 5.